The van der Waals surface area contributed by atoms with Crippen LogP contribution in [-0.4, -0.2) is 18.7 Å². The summed E-state index contributed by atoms with van der Waals surface area (Å²) in [7, 11) is 0. The van der Waals surface area contributed by atoms with E-state index in [0.29, 0.717) is 5.75 Å². The highest BCUT2D eigenvalue weighted by atomic mass is 16.5. The van der Waals surface area contributed by atoms with E-state index in [2.05, 4.69) is 10.5 Å². The van der Waals surface area contributed by atoms with E-state index in [-0.39, 0.29) is 12.5 Å². The maximum Gasteiger partial charge on any atom is 0.277 e. The van der Waals surface area contributed by atoms with E-state index in [1.165, 1.54) is 6.21 Å². The van der Waals surface area contributed by atoms with Crippen LogP contribution in [0.1, 0.15) is 5.56 Å². The monoisotopic (exact) mass is 280 g/mol. The van der Waals surface area contributed by atoms with E-state index in [9.17, 15) is 4.79 Å². The lowest BCUT2D eigenvalue weighted by Gasteiger charge is -2.03. The van der Waals surface area contributed by atoms with Gasteiger partial charge in [0.15, 0.2) is 6.61 Å². The fraction of sp³-hybridized carbons (Fsp3) is 0.0588. The molecule has 0 heterocycles. The first kappa shape index (κ1) is 14.5. The molecule has 106 valence electrons. The Kier molecular flexibility index (Phi) is 5.76. The Morgan fingerprint density at radius 3 is 2.43 bits per heavy atom. The van der Waals surface area contributed by atoms with Crippen LogP contribution in [0.4, 0.5) is 0 Å². The lowest BCUT2D eigenvalue weighted by molar-refractivity contribution is -0.123. The second-order valence-electron chi connectivity index (χ2n) is 4.18. The highest BCUT2D eigenvalue weighted by Crippen LogP contribution is 2.07. The Bertz CT molecular complexity index is 607. The van der Waals surface area contributed by atoms with Crippen molar-refractivity contribution in [3.8, 4) is 5.75 Å². The number of carbonyl (C=O) groups is 1. The minimum absolute atomic E-state index is 0.0657. The van der Waals surface area contributed by atoms with E-state index in [1.54, 1.807) is 18.2 Å². The van der Waals surface area contributed by atoms with E-state index >= 15 is 0 Å². The molecule has 2 rings (SSSR count). The Hall–Kier alpha value is -2.88. The van der Waals surface area contributed by atoms with Crippen LogP contribution < -0.4 is 10.2 Å². The van der Waals surface area contributed by atoms with Crippen LogP contribution in [-0.2, 0) is 4.79 Å². The number of nitrogens with zero attached hydrogens (tertiary/aromatic N) is 1. The van der Waals surface area contributed by atoms with Gasteiger partial charge in [-0.25, -0.2) is 5.43 Å². The molecule has 1 amide bonds. The molecule has 21 heavy (non-hydrogen) atoms. The van der Waals surface area contributed by atoms with Crippen molar-refractivity contribution in [2.75, 3.05) is 6.61 Å². The van der Waals surface area contributed by atoms with E-state index < -0.39 is 0 Å². The fourth-order valence-electron chi connectivity index (χ4n) is 1.57. The van der Waals surface area contributed by atoms with Gasteiger partial charge in [-0.1, -0.05) is 54.6 Å². The van der Waals surface area contributed by atoms with Gasteiger partial charge in [0.05, 0.1) is 0 Å². The largest absolute Gasteiger partial charge is 0.484 e. The van der Waals surface area contributed by atoms with Crippen LogP contribution in [0.5, 0.6) is 5.75 Å². The highest BCUT2D eigenvalue weighted by Gasteiger charge is 1.99. The molecule has 0 atom stereocenters. The van der Waals surface area contributed by atoms with Gasteiger partial charge in [-0.3, -0.25) is 4.79 Å². The second-order valence-corrected chi connectivity index (χ2v) is 4.18. The second kappa shape index (κ2) is 8.32. The molecule has 0 radical (unpaired) electrons. The molecule has 0 aliphatic carbocycles. The normalized spacial score (nSPS) is 10.9. The van der Waals surface area contributed by atoms with Crippen LogP contribution in [0, 0.1) is 0 Å². The molecule has 1 N–H and O–H groups in total. The molecule has 2 aromatic carbocycles. The van der Waals surface area contributed by atoms with Gasteiger partial charge in [0.1, 0.15) is 5.75 Å². The van der Waals surface area contributed by atoms with Gasteiger partial charge in [-0.2, -0.15) is 5.10 Å². The number of ether oxygens (including phenoxy) is 1. The number of para-hydroxylation sites is 1. The zero-order valence-corrected chi connectivity index (χ0v) is 11.5. The lowest BCUT2D eigenvalue weighted by Crippen LogP contribution is -2.24. The molecular weight excluding hydrogens is 264 g/mol. The number of benzene rings is 2. The van der Waals surface area contributed by atoms with Gasteiger partial charge in [0, 0.05) is 6.21 Å². The van der Waals surface area contributed by atoms with Gasteiger partial charge in [0.25, 0.3) is 5.91 Å². The number of hydrazone groups is 1. The molecule has 0 saturated carbocycles. The first-order valence-electron chi connectivity index (χ1n) is 6.56. The van der Waals surface area contributed by atoms with Crippen LogP contribution in [0.15, 0.2) is 71.8 Å². The molecule has 0 aliphatic rings. The van der Waals surface area contributed by atoms with Crippen molar-refractivity contribution in [1.29, 1.82) is 0 Å². The molecule has 0 aliphatic heterocycles. The number of carbonyl (C=O) groups excluding carboxylic acids is 1. The summed E-state index contributed by atoms with van der Waals surface area (Å²) in [5.41, 5.74) is 3.47. The quantitative estimate of drug-likeness (QED) is 0.653. The minimum atomic E-state index is -0.303. The smallest absolute Gasteiger partial charge is 0.277 e. The predicted octanol–water partition coefficient (Wildman–Crippen LogP) is 2.88. The van der Waals surface area contributed by atoms with Crippen molar-refractivity contribution >= 4 is 18.2 Å². The average Bonchev–Trinajstić information content (AvgIpc) is 2.54. The lowest BCUT2D eigenvalue weighted by atomic mass is 10.2. The first-order chi connectivity index (χ1) is 10.3. The van der Waals surface area contributed by atoms with E-state index in [4.69, 9.17) is 4.74 Å². The molecule has 2 aromatic rings. The molecule has 0 bridgehead atoms. The summed E-state index contributed by atoms with van der Waals surface area (Å²) in [5.74, 6) is 0.351. The molecule has 0 spiro atoms. The van der Waals surface area contributed by atoms with Gasteiger partial charge in [0.2, 0.25) is 0 Å². The Morgan fingerprint density at radius 1 is 1.05 bits per heavy atom. The van der Waals surface area contributed by atoms with Crippen LogP contribution in [0.25, 0.3) is 6.08 Å². The molecule has 0 fully saturated rings. The first-order valence-corrected chi connectivity index (χ1v) is 6.56. The number of rotatable bonds is 6. The molecule has 0 unspecified atom stereocenters. The zero-order chi connectivity index (χ0) is 14.8. The van der Waals surface area contributed by atoms with E-state index in [0.717, 1.165) is 5.56 Å². The third-order valence-electron chi connectivity index (χ3n) is 2.55. The topological polar surface area (TPSA) is 50.7 Å². The maximum atomic E-state index is 11.5. The zero-order valence-electron chi connectivity index (χ0n) is 11.5. The summed E-state index contributed by atoms with van der Waals surface area (Å²) >= 11 is 0. The van der Waals surface area contributed by atoms with Gasteiger partial charge in [-0.15, -0.1) is 0 Å². The van der Waals surface area contributed by atoms with Crippen molar-refractivity contribution in [3.63, 3.8) is 0 Å². The van der Waals surface area contributed by atoms with Gasteiger partial charge >= 0.3 is 0 Å². The molecule has 0 aromatic heterocycles. The fourth-order valence-corrected chi connectivity index (χ4v) is 1.57. The Balaban J connectivity index is 1.69. The number of hydrogen-bond acceptors (Lipinski definition) is 3. The number of amides is 1. The third-order valence-corrected chi connectivity index (χ3v) is 2.55. The number of hydrogen-bond donors (Lipinski definition) is 1. The standard InChI is InChI=1S/C17H16N2O2/c20-17(14-21-16-11-5-2-6-12-16)19-18-13-7-10-15-8-3-1-4-9-15/h1-13H,14H2,(H,19,20)/b10-7+,18-13-. The summed E-state index contributed by atoms with van der Waals surface area (Å²) in [6, 6.07) is 19.0. The highest BCUT2D eigenvalue weighted by molar-refractivity contribution is 5.81. The average molecular weight is 280 g/mol. The van der Waals surface area contributed by atoms with Crippen LogP contribution in [0.2, 0.25) is 0 Å². The summed E-state index contributed by atoms with van der Waals surface area (Å²) in [6.45, 7) is -0.0657. The number of nitrogens with one attached hydrogen (secondary N) is 1. The summed E-state index contributed by atoms with van der Waals surface area (Å²) in [6.07, 6.45) is 5.18. The molecular formula is C17H16N2O2. The van der Waals surface area contributed by atoms with Crippen molar-refractivity contribution < 1.29 is 9.53 Å². The number of allylic oxidation sites excluding steroid dienone is 1. The van der Waals surface area contributed by atoms with E-state index in [1.807, 2.05) is 54.6 Å². The van der Waals surface area contributed by atoms with Crippen molar-refractivity contribution in [2.45, 2.75) is 0 Å². The van der Waals surface area contributed by atoms with Crippen LogP contribution in [0.3, 0.4) is 0 Å². The summed E-state index contributed by atoms with van der Waals surface area (Å²) in [5, 5.41) is 3.81. The maximum absolute atomic E-state index is 11.5. The predicted molar refractivity (Wildman–Crippen MR) is 84.0 cm³/mol. The Morgan fingerprint density at radius 2 is 1.71 bits per heavy atom. The molecule has 4 nitrogen and oxygen atoms in total. The summed E-state index contributed by atoms with van der Waals surface area (Å²) < 4.78 is 5.29. The van der Waals surface area contributed by atoms with Gasteiger partial charge in [-0.05, 0) is 23.8 Å². The minimum Gasteiger partial charge on any atom is -0.484 e. The molecule has 0 saturated heterocycles. The molecule has 4 heteroatoms. The summed E-state index contributed by atoms with van der Waals surface area (Å²) in [4.78, 5) is 11.5. The van der Waals surface area contributed by atoms with Crippen molar-refractivity contribution in [2.24, 2.45) is 5.10 Å². The van der Waals surface area contributed by atoms with Crippen molar-refractivity contribution in [1.82, 2.24) is 5.43 Å². The Labute approximate surface area is 123 Å². The third kappa shape index (κ3) is 5.74. The van der Waals surface area contributed by atoms with Crippen molar-refractivity contribution in [3.05, 3.63) is 72.3 Å². The van der Waals surface area contributed by atoms with Crippen LogP contribution >= 0.6 is 0 Å². The SMILES string of the molecule is O=C(COc1ccccc1)N/N=C\C=C\c1ccccc1. The van der Waals surface area contributed by atoms with Gasteiger partial charge < -0.3 is 4.74 Å².